The molecule has 0 bridgehead atoms. The zero-order valence-corrected chi connectivity index (χ0v) is 35.3. The first kappa shape index (κ1) is 40.8. The van der Waals surface area contributed by atoms with Gasteiger partial charge in [0.05, 0.1) is 0 Å². The van der Waals surface area contributed by atoms with Crippen molar-refractivity contribution in [2.75, 3.05) is 4.90 Å². The van der Waals surface area contributed by atoms with E-state index in [0.29, 0.717) is 0 Å². The molecule has 9 rings (SSSR count). The van der Waals surface area contributed by atoms with Gasteiger partial charge >= 0.3 is 0 Å². The highest BCUT2D eigenvalue weighted by molar-refractivity contribution is 5.81. The Hall–Kier alpha value is -8.60. The van der Waals surface area contributed by atoms with Gasteiger partial charge in [0.25, 0.3) is 0 Å². The van der Waals surface area contributed by atoms with Crippen molar-refractivity contribution >= 4 is 35.3 Å². The lowest BCUT2D eigenvalue weighted by Gasteiger charge is -2.26. The van der Waals surface area contributed by atoms with Gasteiger partial charge in [-0.25, -0.2) is 0 Å². The zero-order valence-electron chi connectivity index (χ0n) is 35.3. The molecule has 0 atom stereocenters. The number of ether oxygens (including phenoxy) is 3. The van der Waals surface area contributed by atoms with Gasteiger partial charge in [-0.3, -0.25) is 0 Å². The molecule has 4 nitrogen and oxygen atoms in total. The van der Waals surface area contributed by atoms with E-state index in [1.54, 1.807) is 0 Å². The normalized spacial score (nSPS) is 10.7. The van der Waals surface area contributed by atoms with Crippen LogP contribution in [0.15, 0.2) is 238 Å². The Kier molecular flexibility index (Phi) is 12.1. The van der Waals surface area contributed by atoms with Crippen molar-refractivity contribution < 1.29 is 14.2 Å². The molecule has 0 aliphatic carbocycles. The van der Waals surface area contributed by atoms with Crippen LogP contribution in [0.1, 0.15) is 16.7 Å². The summed E-state index contributed by atoms with van der Waals surface area (Å²) in [7, 11) is 0. The number of benzene rings is 9. The van der Waals surface area contributed by atoms with Crippen molar-refractivity contribution in [1.29, 1.82) is 0 Å². The molecule has 0 N–H and O–H groups in total. The predicted octanol–water partition coefficient (Wildman–Crippen LogP) is 17.5. The molecular weight excluding hydrogens is 783 g/mol. The van der Waals surface area contributed by atoms with E-state index in [0.717, 1.165) is 102 Å². The second-order valence-electron chi connectivity index (χ2n) is 15.2. The summed E-state index contributed by atoms with van der Waals surface area (Å²) in [6, 6.07) is 74.3. The van der Waals surface area contributed by atoms with Crippen LogP contribution in [0.5, 0.6) is 34.5 Å². The maximum atomic E-state index is 6.22. The Morgan fingerprint density at radius 1 is 0.266 bits per heavy atom. The van der Waals surface area contributed by atoms with Crippen molar-refractivity contribution in [3.63, 3.8) is 0 Å². The molecule has 0 amide bonds. The molecule has 0 radical (unpaired) electrons. The first-order chi connectivity index (χ1) is 31.5. The summed E-state index contributed by atoms with van der Waals surface area (Å²) in [6.07, 6.45) is 5.47. The Morgan fingerprint density at radius 2 is 0.531 bits per heavy atom. The van der Waals surface area contributed by atoms with Crippen LogP contribution in [-0.4, -0.2) is 0 Å². The van der Waals surface area contributed by atoms with E-state index in [1.807, 2.05) is 127 Å². The fourth-order valence-corrected chi connectivity index (χ4v) is 7.50. The predicted molar refractivity (Wildman–Crippen MR) is 267 cm³/mol. The minimum Gasteiger partial charge on any atom is -0.457 e. The maximum absolute atomic E-state index is 6.22. The molecule has 0 unspecified atom stereocenters. The quantitative estimate of drug-likeness (QED) is 0.103. The van der Waals surface area contributed by atoms with Crippen LogP contribution < -0.4 is 19.1 Å². The third-order valence-electron chi connectivity index (χ3n) is 10.9. The molecule has 0 saturated heterocycles. The number of rotatable bonds is 15. The Labute approximate surface area is 375 Å². The van der Waals surface area contributed by atoms with Crippen LogP contribution in [0.2, 0.25) is 0 Å². The zero-order chi connectivity index (χ0) is 43.7. The summed E-state index contributed by atoms with van der Waals surface area (Å²) >= 11 is 0. The van der Waals surface area contributed by atoms with Crippen LogP contribution in [-0.2, 0) is 0 Å². The molecule has 0 fully saturated rings. The van der Waals surface area contributed by atoms with Gasteiger partial charge in [-0.1, -0.05) is 147 Å². The van der Waals surface area contributed by atoms with E-state index < -0.39 is 0 Å². The Balaban J connectivity index is 1.00. The lowest BCUT2D eigenvalue weighted by atomic mass is 10.0. The van der Waals surface area contributed by atoms with Crippen LogP contribution in [0.25, 0.3) is 51.6 Å². The van der Waals surface area contributed by atoms with Crippen LogP contribution in [0, 0.1) is 0 Å². The Morgan fingerprint density at radius 3 is 0.781 bits per heavy atom. The number of hydrogen-bond acceptors (Lipinski definition) is 4. The highest BCUT2D eigenvalue weighted by Crippen LogP contribution is 2.39. The van der Waals surface area contributed by atoms with Crippen LogP contribution >= 0.6 is 0 Å². The summed E-state index contributed by atoms with van der Waals surface area (Å²) in [5.41, 5.74) is 12.6. The third-order valence-corrected chi connectivity index (χ3v) is 10.9. The highest BCUT2D eigenvalue weighted by atomic mass is 16.5. The fraction of sp³-hybridized carbons (Fsp3) is 0. The average molecular weight is 828 g/mol. The van der Waals surface area contributed by atoms with Crippen molar-refractivity contribution in [3.8, 4) is 67.9 Å². The molecule has 9 aromatic carbocycles. The first-order valence-corrected chi connectivity index (χ1v) is 21.1. The monoisotopic (exact) mass is 827 g/mol. The smallest absolute Gasteiger partial charge is 0.128 e. The largest absolute Gasteiger partial charge is 0.457 e. The van der Waals surface area contributed by atoms with E-state index >= 15 is 0 Å². The van der Waals surface area contributed by atoms with Gasteiger partial charge in [0, 0.05) is 17.1 Å². The molecule has 0 heterocycles. The van der Waals surface area contributed by atoms with Crippen molar-refractivity contribution in [2.45, 2.75) is 0 Å². The van der Waals surface area contributed by atoms with Gasteiger partial charge < -0.3 is 19.1 Å². The van der Waals surface area contributed by atoms with Gasteiger partial charge in [-0.05, 0) is 159 Å². The van der Waals surface area contributed by atoms with Gasteiger partial charge in [0.2, 0.25) is 0 Å². The maximum Gasteiger partial charge on any atom is 0.128 e. The average Bonchev–Trinajstić information content (AvgIpc) is 3.36. The van der Waals surface area contributed by atoms with E-state index in [2.05, 4.69) is 134 Å². The fourth-order valence-electron chi connectivity index (χ4n) is 7.50. The standard InChI is InChI=1S/C60H45NO3/c1-4-43-16-34-55(35-17-43)62-58-13-7-10-49(40-58)46-22-28-52(29-23-46)61(53-30-24-47(25-31-53)50-11-8-14-59(41-50)63-56-36-18-44(5-2)19-37-56)54-32-26-48(27-33-54)51-12-9-15-60(42-51)64-57-38-20-45(6-3)21-39-57/h4-42H,1-3H2. The second kappa shape index (κ2) is 19.0. The first-order valence-electron chi connectivity index (χ1n) is 21.1. The van der Waals surface area contributed by atoms with E-state index in [-0.39, 0.29) is 0 Å². The van der Waals surface area contributed by atoms with E-state index in [1.165, 1.54) is 0 Å². The summed E-state index contributed by atoms with van der Waals surface area (Å²) in [6.45, 7) is 11.5. The molecule has 0 aromatic heterocycles. The van der Waals surface area contributed by atoms with E-state index in [9.17, 15) is 0 Å². The molecule has 308 valence electrons. The summed E-state index contributed by atoms with van der Waals surface area (Å²) in [4.78, 5) is 2.28. The lowest BCUT2D eigenvalue weighted by Crippen LogP contribution is -2.09. The topological polar surface area (TPSA) is 30.9 Å². The van der Waals surface area contributed by atoms with Gasteiger partial charge in [0.15, 0.2) is 0 Å². The molecule has 4 heteroatoms. The molecule has 9 aromatic rings. The highest BCUT2D eigenvalue weighted by Gasteiger charge is 2.15. The van der Waals surface area contributed by atoms with Gasteiger partial charge in [-0.15, -0.1) is 0 Å². The molecule has 0 aliphatic heterocycles. The summed E-state index contributed by atoms with van der Waals surface area (Å²) < 4.78 is 18.7. The van der Waals surface area contributed by atoms with E-state index in [4.69, 9.17) is 14.2 Å². The SMILES string of the molecule is C=Cc1ccc(Oc2cccc(-c3ccc(N(c4ccc(-c5cccc(Oc6ccc(C=C)cc6)c5)cc4)c4ccc(-c5cccc(Oc6ccc(C=C)cc6)c5)cc4)cc3)c2)cc1. The third kappa shape index (κ3) is 9.63. The van der Waals surface area contributed by atoms with Gasteiger partial charge in [-0.2, -0.15) is 0 Å². The minimum absolute atomic E-state index is 0.772. The second-order valence-corrected chi connectivity index (χ2v) is 15.2. The van der Waals surface area contributed by atoms with Crippen molar-refractivity contribution in [1.82, 2.24) is 0 Å². The number of hydrogen-bond donors (Lipinski definition) is 0. The molecular formula is C60H45NO3. The number of anilines is 3. The molecule has 0 spiro atoms. The minimum atomic E-state index is 0.772. The molecule has 64 heavy (non-hydrogen) atoms. The lowest BCUT2D eigenvalue weighted by molar-refractivity contribution is 0.482. The van der Waals surface area contributed by atoms with Crippen molar-refractivity contribution in [3.05, 3.63) is 255 Å². The number of nitrogens with zero attached hydrogens (tertiary/aromatic N) is 1. The molecule has 0 saturated carbocycles. The summed E-state index contributed by atoms with van der Waals surface area (Å²) in [5.74, 6) is 4.64. The van der Waals surface area contributed by atoms with Crippen molar-refractivity contribution in [2.24, 2.45) is 0 Å². The molecule has 0 aliphatic rings. The summed E-state index contributed by atoms with van der Waals surface area (Å²) in [5, 5.41) is 0. The Bertz CT molecular complexity index is 2690. The van der Waals surface area contributed by atoms with Crippen LogP contribution in [0.3, 0.4) is 0 Å². The van der Waals surface area contributed by atoms with Gasteiger partial charge in [0.1, 0.15) is 34.5 Å². The van der Waals surface area contributed by atoms with Crippen LogP contribution in [0.4, 0.5) is 17.1 Å².